The Bertz CT molecular complexity index is 1460. The summed E-state index contributed by atoms with van der Waals surface area (Å²) in [6.45, 7) is 24.9. The van der Waals surface area contributed by atoms with Crippen molar-refractivity contribution in [1.82, 2.24) is 10.6 Å². The minimum atomic E-state index is -0.889. The largest absolute Gasteiger partial charge is 0.507 e. The highest BCUT2D eigenvalue weighted by atomic mass is 16.5. The van der Waals surface area contributed by atoms with Crippen molar-refractivity contribution in [2.24, 2.45) is 10.8 Å². The highest BCUT2D eigenvalue weighted by Crippen LogP contribution is 2.43. The fraction of sp³-hybridized carbons (Fsp3) is 0.619. The molecule has 0 saturated heterocycles. The number of ether oxygens (including phenoxy) is 2. The molecule has 0 saturated carbocycles. The first-order chi connectivity index (χ1) is 23.8. The molecule has 0 atom stereocenters. The van der Waals surface area contributed by atoms with E-state index in [1.165, 1.54) is 0 Å². The lowest BCUT2D eigenvalue weighted by Gasteiger charge is -2.34. The maximum absolute atomic E-state index is 12.4. The second-order valence-electron chi connectivity index (χ2n) is 17.8. The predicted molar refractivity (Wildman–Crippen MR) is 204 cm³/mol. The molecule has 52 heavy (non-hydrogen) atoms. The zero-order valence-electron chi connectivity index (χ0n) is 33.7. The molecular weight excluding hydrogens is 660 g/mol. The van der Waals surface area contributed by atoms with Gasteiger partial charge in [0.1, 0.15) is 24.7 Å². The highest BCUT2D eigenvalue weighted by molar-refractivity contribution is 6.35. The van der Waals surface area contributed by atoms with Crippen molar-refractivity contribution in [3.05, 3.63) is 57.6 Å². The average Bonchev–Trinajstić information content (AvgIpc) is 2.99. The number of aromatic hydroxyl groups is 2. The number of benzene rings is 2. The van der Waals surface area contributed by atoms with E-state index in [0.29, 0.717) is 12.8 Å². The number of hydrogen-bond acceptors (Lipinski definition) is 8. The second-order valence-corrected chi connectivity index (χ2v) is 17.8. The van der Waals surface area contributed by atoms with Gasteiger partial charge in [-0.25, -0.2) is 0 Å². The Morgan fingerprint density at radius 3 is 1.21 bits per heavy atom. The average molecular weight is 725 g/mol. The molecule has 2 aromatic rings. The number of phenols is 2. The van der Waals surface area contributed by atoms with Gasteiger partial charge in [-0.3, -0.25) is 19.2 Å². The van der Waals surface area contributed by atoms with Crippen LogP contribution in [-0.2, 0) is 52.3 Å². The van der Waals surface area contributed by atoms with Crippen molar-refractivity contribution in [1.29, 1.82) is 0 Å². The molecule has 0 aliphatic rings. The van der Waals surface area contributed by atoms with Gasteiger partial charge in [0.25, 0.3) is 0 Å². The number of hydrogen-bond donors (Lipinski definition) is 4. The van der Waals surface area contributed by atoms with Gasteiger partial charge in [-0.2, -0.15) is 0 Å². The summed E-state index contributed by atoms with van der Waals surface area (Å²) in [5.74, 6) is -2.09. The van der Waals surface area contributed by atoms with Gasteiger partial charge in [0.15, 0.2) is 0 Å². The molecule has 0 aliphatic heterocycles. The third kappa shape index (κ3) is 14.5. The molecule has 10 heteroatoms. The number of phenolic OH excluding ortho intramolecular Hbond substituents is 2. The Labute approximate surface area is 311 Å². The summed E-state index contributed by atoms with van der Waals surface area (Å²) in [7, 11) is 0. The number of aryl methyl sites for hydroxylation is 4. The van der Waals surface area contributed by atoms with E-state index in [2.05, 4.69) is 79.9 Å². The molecule has 2 amide bonds. The SMILES string of the molecule is Cc1cc(CCC(=O)OCCNC(=O)C(=O)NCCOC(=O)CCc2cc(C)c(O)c(C(C)(C)CC(C)(C)C)c2)cc(C(C)(C)CC(C)(C)C)c1O. The zero-order chi connectivity index (χ0) is 39.7. The van der Waals surface area contributed by atoms with Crippen LogP contribution in [0, 0.1) is 24.7 Å². The summed E-state index contributed by atoms with van der Waals surface area (Å²) >= 11 is 0. The van der Waals surface area contributed by atoms with Crippen molar-refractivity contribution in [2.75, 3.05) is 26.3 Å². The van der Waals surface area contributed by atoms with Crippen LogP contribution in [0.25, 0.3) is 0 Å². The van der Waals surface area contributed by atoms with E-state index in [9.17, 15) is 29.4 Å². The van der Waals surface area contributed by atoms with E-state index in [4.69, 9.17) is 9.47 Å². The first kappa shape index (κ1) is 44.1. The van der Waals surface area contributed by atoms with Crippen LogP contribution in [0.5, 0.6) is 11.5 Å². The van der Waals surface area contributed by atoms with Crippen LogP contribution in [0.3, 0.4) is 0 Å². The van der Waals surface area contributed by atoms with Crippen LogP contribution in [0.4, 0.5) is 0 Å². The molecule has 0 radical (unpaired) electrons. The molecule has 0 unspecified atom stereocenters. The molecule has 290 valence electrons. The molecule has 2 aromatic carbocycles. The third-order valence-corrected chi connectivity index (χ3v) is 8.87. The quantitative estimate of drug-likeness (QED) is 0.0819. The first-order valence-corrected chi connectivity index (χ1v) is 18.3. The maximum Gasteiger partial charge on any atom is 0.309 e. The van der Waals surface area contributed by atoms with Gasteiger partial charge < -0.3 is 30.3 Å². The summed E-state index contributed by atoms with van der Waals surface area (Å²) in [6, 6.07) is 7.68. The van der Waals surface area contributed by atoms with Gasteiger partial charge in [0, 0.05) is 24.0 Å². The lowest BCUT2D eigenvalue weighted by molar-refractivity contribution is -0.145. The number of carbonyl (C=O) groups is 4. The number of rotatable bonds is 16. The lowest BCUT2D eigenvalue weighted by atomic mass is 9.71. The number of esters is 2. The molecule has 0 aliphatic carbocycles. The molecule has 0 heterocycles. The highest BCUT2D eigenvalue weighted by Gasteiger charge is 2.32. The van der Waals surface area contributed by atoms with Crippen LogP contribution in [-0.4, -0.2) is 60.3 Å². The minimum absolute atomic E-state index is 0.0394. The van der Waals surface area contributed by atoms with Gasteiger partial charge in [-0.05, 0) is 83.4 Å². The van der Waals surface area contributed by atoms with Crippen LogP contribution in [0.15, 0.2) is 24.3 Å². The fourth-order valence-electron chi connectivity index (χ4n) is 7.33. The van der Waals surface area contributed by atoms with E-state index in [0.717, 1.165) is 46.2 Å². The van der Waals surface area contributed by atoms with Crippen molar-refractivity contribution in [3.8, 4) is 11.5 Å². The minimum Gasteiger partial charge on any atom is -0.507 e. The van der Waals surface area contributed by atoms with E-state index in [1.807, 2.05) is 38.1 Å². The van der Waals surface area contributed by atoms with E-state index < -0.39 is 23.8 Å². The molecule has 0 bridgehead atoms. The Balaban J connectivity index is 1.71. The normalized spacial score (nSPS) is 12.3. The number of nitrogens with one attached hydrogen (secondary N) is 2. The van der Waals surface area contributed by atoms with Crippen molar-refractivity contribution in [3.63, 3.8) is 0 Å². The molecule has 0 fully saturated rings. The van der Waals surface area contributed by atoms with Crippen LogP contribution < -0.4 is 10.6 Å². The van der Waals surface area contributed by atoms with Gasteiger partial charge in [0.2, 0.25) is 0 Å². The standard InChI is InChI=1S/C42H64N2O8/c1-27-21-29(23-31(35(27)47)41(9,10)25-39(3,4)5)13-15-33(45)51-19-17-43-37(49)38(50)44-18-20-52-34(46)16-14-30-22-28(2)36(48)32(24-30)42(11,12)26-40(6,7)8/h21-24,47-48H,13-20,25-26H2,1-12H3,(H,43,49)(H,44,50). The molecule has 10 nitrogen and oxygen atoms in total. The summed E-state index contributed by atoms with van der Waals surface area (Å²) in [5.41, 5.74) is 4.70. The van der Waals surface area contributed by atoms with Crippen molar-refractivity contribution < 1.29 is 38.9 Å². The third-order valence-electron chi connectivity index (χ3n) is 8.87. The van der Waals surface area contributed by atoms with E-state index in [1.54, 1.807) is 0 Å². The van der Waals surface area contributed by atoms with E-state index >= 15 is 0 Å². The molecule has 0 aromatic heterocycles. The Hall–Kier alpha value is -4.08. The van der Waals surface area contributed by atoms with Crippen LogP contribution in [0.2, 0.25) is 0 Å². The van der Waals surface area contributed by atoms with Crippen LogP contribution in [0.1, 0.15) is 128 Å². The van der Waals surface area contributed by atoms with Crippen molar-refractivity contribution >= 4 is 23.8 Å². The summed E-state index contributed by atoms with van der Waals surface area (Å²) in [4.78, 5) is 49.1. The zero-order valence-corrected chi connectivity index (χ0v) is 33.7. The molecule has 4 N–H and O–H groups in total. The maximum atomic E-state index is 12.4. The molecule has 2 rings (SSSR count). The lowest BCUT2D eigenvalue weighted by Crippen LogP contribution is -2.42. The fourth-order valence-corrected chi connectivity index (χ4v) is 7.33. The van der Waals surface area contributed by atoms with Gasteiger partial charge >= 0.3 is 23.8 Å². The Kier molecular flexibility index (Phi) is 15.3. The Morgan fingerprint density at radius 1 is 0.577 bits per heavy atom. The summed E-state index contributed by atoms with van der Waals surface area (Å²) in [6.07, 6.45) is 2.87. The predicted octanol–water partition coefficient (Wildman–Crippen LogP) is 7.03. The van der Waals surface area contributed by atoms with Gasteiger partial charge in [-0.15, -0.1) is 0 Å². The molecule has 0 spiro atoms. The van der Waals surface area contributed by atoms with Gasteiger partial charge in [-0.1, -0.05) is 93.5 Å². The Morgan fingerprint density at radius 2 is 0.904 bits per heavy atom. The number of amides is 2. The van der Waals surface area contributed by atoms with Crippen molar-refractivity contribution in [2.45, 2.75) is 132 Å². The smallest absolute Gasteiger partial charge is 0.309 e. The molecular formula is C42H64N2O8. The summed E-state index contributed by atoms with van der Waals surface area (Å²) < 4.78 is 10.5. The summed E-state index contributed by atoms with van der Waals surface area (Å²) in [5, 5.41) is 26.4. The van der Waals surface area contributed by atoms with E-state index in [-0.39, 0.29) is 72.3 Å². The monoisotopic (exact) mass is 724 g/mol. The number of carbonyl (C=O) groups excluding carboxylic acids is 4. The topological polar surface area (TPSA) is 151 Å². The van der Waals surface area contributed by atoms with Gasteiger partial charge in [0.05, 0.1) is 13.1 Å². The van der Waals surface area contributed by atoms with Crippen LogP contribution >= 0.6 is 0 Å². The second kappa shape index (κ2) is 18.1. The first-order valence-electron chi connectivity index (χ1n) is 18.3.